The zero-order valence-corrected chi connectivity index (χ0v) is 20.1. The Balaban J connectivity index is 1.55. The average molecular weight is 489 g/mol. The maximum absolute atomic E-state index is 14.3. The molecule has 2 aromatic heterocycles. The number of sulfone groups is 1. The number of thioether (sulfide) groups is 1. The number of hydrogen-bond acceptors (Lipinski definition) is 6. The second-order valence-electron chi connectivity index (χ2n) is 8.11. The summed E-state index contributed by atoms with van der Waals surface area (Å²) in [6.07, 6.45) is 2.23. The summed E-state index contributed by atoms with van der Waals surface area (Å²) >= 11 is 1.23. The Bertz CT molecular complexity index is 1330. The summed E-state index contributed by atoms with van der Waals surface area (Å²) in [4.78, 5) is 13.1. The van der Waals surface area contributed by atoms with E-state index in [1.165, 1.54) is 17.8 Å². The van der Waals surface area contributed by atoms with Crippen LogP contribution in [0.25, 0.3) is 11.4 Å². The van der Waals surface area contributed by atoms with Crippen molar-refractivity contribution in [1.29, 1.82) is 0 Å². The minimum Gasteiger partial charge on any atom is -0.344 e. The van der Waals surface area contributed by atoms with Crippen LogP contribution >= 0.6 is 11.8 Å². The highest BCUT2D eigenvalue weighted by Gasteiger charge is 2.31. The molecule has 0 aliphatic carbocycles. The van der Waals surface area contributed by atoms with Crippen molar-refractivity contribution in [1.82, 2.24) is 19.3 Å². The molecule has 1 aromatic carbocycles. The second kappa shape index (κ2) is 9.26. The van der Waals surface area contributed by atoms with E-state index in [0.717, 1.165) is 11.4 Å². The normalized spacial score (nSPS) is 17.4. The van der Waals surface area contributed by atoms with E-state index >= 15 is 0 Å². The molecule has 7 nitrogen and oxygen atoms in total. The number of benzene rings is 1. The van der Waals surface area contributed by atoms with E-state index in [2.05, 4.69) is 16.8 Å². The molecule has 1 unspecified atom stereocenters. The molecule has 0 radical (unpaired) electrons. The predicted molar refractivity (Wildman–Crippen MR) is 127 cm³/mol. The second-order valence-corrected chi connectivity index (χ2v) is 11.3. The van der Waals surface area contributed by atoms with Crippen LogP contribution in [0.5, 0.6) is 0 Å². The number of aromatic nitrogens is 4. The van der Waals surface area contributed by atoms with Crippen molar-refractivity contribution in [3.05, 3.63) is 65.8 Å². The zero-order chi connectivity index (χ0) is 23.8. The van der Waals surface area contributed by atoms with E-state index in [1.807, 2.05) is 24.5 Å². The molecule has 0 N–H and O–H groups in total. The Morgan fingerprint density at radius 3 is 2.73 bits per heavy atom. The summed E-state index contributed by atoms with van der Waals surface area (Å²) < 4.78 is 41.8. The van der Waals surface area contributed by atoms with E-state index in [0.29, 0.717) is 35.1 Å². The third kappa shape index (κ3) is 4.67. The molecule has 1 aliphatic rings. The average Bonchev–Trinajstić information content (AvgIpc) is 3.42. The highest BCUT2D eigenvalue weighted by molar-refractivity contribution is 7.99. The van der Waals surface area contributed by atoms with E-state index in [9.17, 15) is 17.6 Å². The number of rotatable bonds is 8. The number of nitrogens with zero attached hydrogens (tertiary/aromatic N) is 4. The maximum atomic E-state index is 14.3. The number of hydrogen-bond donors (Lipinski definition) is 0. The van der Waals surface area contributed by atoms with Gasteiger partial charge in [0, 0.05) is 29.5 Å². The molecule has 1 aliphatic heterocycles. The Morgan fingerprint density at radius 1 is 1.30 bits per heavy atom. The zero-order valence-electron chi connectivity index (χ0n) is 18.5. The van der Waals surface area contributed by atoms with E-state index in [-0.39, 0.29) is 29.1 Å². The largest absolute Gasteiger partial charge is 0.344 e. The van der Waals surface area contributed by atoms with Crippen LogP contribution in [-0.2, 0) is 16.4 Å². The molecule has 3 aromatic rings. The van der Waals surface area contributed by atoms with Crippen molar-refractivity contribution in [2.45, 2.75) is 38.0 Å². The van der Waals surface area contributed by atoms with Crippen LogP contribution in [0.3, 0.4) is 0 Å². The number of carbonyl (C=O) groups is 1. The smallest absolute Gasteiger partial charge is 0.192 e. The topological polar surface area (TPSA) is 86.9 Å². The molecule has 0 spiro atoms. The summed E-state index contributed by atoms with van der Waals surface area (Å²) in [6.45, 7) is 7.88. The summed E-state index contributed by atoms with van der Waals surface area (Å²) in [5, 5.41) is 8.83. The van der Waals surface area contributed by atoms with Crippen molar-refractivity contribution in [3.63, 3.8) is 0 Å². The summed E-state index contributed by atoms with van der Waals surface area (Å²) in [7, 11) is -3.03. The van der Waals surface area contributed by atoms with Crippen molar-refractivity contribution < 1.29 is 17.6 Å². The summed E-state index contributed by atoms with van der Waals surface area (Å²) in [5.41, 5.74) is 2.56. The Hall–Kier alpha value is -2.72. The summed E-state index contributed by atoms with van der Waals surface area (Å²) in [6, 6.07) is 8.03. The number of halogens is 1. The fourth-order valence-electron chi connectivity index (χ4n) is 4.34. The lowest BCUT2D eigenvalue weighted by Gasteiger charge is -2.16. The molecular weight excluding hydrogens is 463 g/mol. The lowest BCUT2D eigenvalue weighted by Crippen LogP contribution is -2.14. The molecule has 1 saturated heterocycles. The molecule has 10 heteroatoms. The first kappa shape index (κ1) is 23.4. The number of Topliss-reactive ketones (excluding diaryl/α,β-unsaturated/α-hetero) is 1. The van der Waals surface area contributed by atoms with E-state index < -0.39 is 15.7 Å². The van der Waals surface area contributed by atoms with Crippen molar-refractivity contribution in [2.75, 3.05) is 17.3 Å². The third-order valence-corrected chi connectivity index (χ3v) is 8.55. The summed E-state index contributed by atoms with van der Waals surface area (Å²) in [5.74, 6) is 0.306. The van der Waals surface area contributed by atoms with Gasteiger partial charge in [-0.3, -0.25) is 9.36 Å². The molecule has 1 fully saturated rings. The van der Waals surface area contributed by atoms with Gasteiger partial charge < -0.3 is 4.57 Å². The maximum Gasteiger partial charge on any atom is 0.192 e. The minimum absolute atomic E-state index is 0.0826. The van der Waals surface area contributed by atoms with E-state index in [4.69, 9.17) is 0 Å². The van der Waals surface area contributed by atoms with Crippen LogP contribution in [0.1, 0.15) is 34.2 Å². The first-order valence-corrected chi connectivity index (χ1v) is 13.4. The third-order valence-electron chi connectivity index (χ3n) is 5.83. The van der Waals surface area contributed by atoms with Gasteiger partial charge in [-0.2, -0.15) is 0 Å². The van der Waals surface area contributed by atoms with Gasteiger partial charge in [0.2, 0.25) is 0 Å². The lowest BCUT2D eigenvalue weighted by atomic mass is 10.2. The van der Waals surface area contributed by atoms with Gasteiger partial charge in [0.15, 0.2) is 26.6 Å². The van der Waals surface area contributed by atoms with E-state index in [1.54, 1.807) is 28.8 Å². The molecule has 0 bridgehead atoms. The Kier molecular flexibility index (Phi) is 6.58. The van der Waals surface area contributed by atoms with Crippen LogP contribution in [-0.4, -0.2) is 50.8 Å². The molecule has 4 rings (SSSR count). The van der Waals surface area contributed by atoms with Gasteiger partial charge in [0.1, 0.15) is 5.82 Å². The van der Waals surface area contributed by atoms with Gasteiger partial charge in [0.05, 0.1) is 22.8 Å². The van der Waals surface area contributed by atoms with Crippen molar-refractivity contribution >= 4 is 27.4 Å². The minimum atomic E-state index is -3.03. The molecule has 1 atom stereocenters. The van der Waals surface area contributed by atoms with Gasteiger partial charge >= 0.3 is 0 Å². The van der Waals surface area contributed by atoms with Gasteiger partial charge in [0.25, 0.3) is 0 Å². The predicted octanol–water partition coefficient (Wildman–Crippen LogP) is 4.02. The lowest BCUT2D eigenvalue weighted by molar-refractivity contribution is 0.102. The fourth-order valence-corrected chi connectivity index (χ4v) is 6.87. The van der Waals surface area contributed by atoms with Crippen molar-refractivity contribution in [2.24, 2.45) is 0 Å². The Morgan fingerprint density at radius 2 is 2.06 bits per heavy atom. The first-order valence-electron chi connectivity index (χ1n) is 10.6. The number of ketones is 1. The number of carbonyl (C=O) groups excluding carboxylic acids is 1. The van der Waals surface area contributed by atoms with Gasteiger partial charge in [-0.1, -0.05) is 30.0 Å². The molecule has 174 valence electrons. The van der Waals surface area contributed by atoms with Crippen LogP contribution in [0.2, 0.25) is 0 Å². The Labute approximate surface area is 196 Å². The highest BCUT2D eigenvalue weighted by Crippen LogP contribution is 2.31. The van der Waals surface area contributed by atoms with Crippen LogP contribution in [0.15, 0.2) is 48.1 Å². The molecule has 0 saturated carbocycles. The SMILES string of the molecule is C=CCn1c(SCC(=O)c2cc(C)n(C3CCS(=O)(=O)C3)c2C)nnc1-c1ccccc1F. The monoisotopic (exact) mass is 488 g/mol. The highest BCUT2D eigenvalue weighted by atomic mass is 32.2. The number of aryl methyl sites for hydroxylation is 1. The van der Waals surface area contributed by atoms with Gasteiger partial charge in [-0.25, -0.2) is 12.8 Å². The fraction of sp³-hybridized carbons (Fsp3) is 0.348. The van der Waals surface area contributed by atoms with Gasteiger partial charge in [-0.15, -0.1) is 16.8 Å². The standard InChI is InChI=1S/C23H25FN4O3S2/c1-4-10-27-22(18-7-5-6-8-20(18)24)25-26-23(27)32-13-21(29)19-12-15(2)28(16(19)3)17-9-11-33(30,31)14-17/h4-8,12,17H,1,9-11,13-14H2,2-3H3. The molecule has 3 heterocycles. The molecule has 0 amide bonds. The van der Waals surface area contributed by atoms with Crippen molar-refractivity contribution in [3.8, 4) is 11.4 Å². The molecular formula is C23H25FN4O3S2. The van der Waals surface area contributed by atoms with Crippen LogP contribution in [0, 0.1) is 19.7 Å². The first-order chi connectivity index (χ1) is 15.7. The van der Waals surface area contributed by atoms with Gasteiger partial charge in [-0.05, 0) is 38.5 Å². The van der Waals surface area contributed by atoms with Crippen LogP contribution in [0.4, 0.5) is 4.39 Å². The quantitative estimate of drug-likeness (QED) is 0.270. The molecule has 33 heavy (non-hydrogen) atoms. The van der Waals surface area contributed by atoms with Crippen LogP contribution < -0.4 is 0 Å². The number of allylic oxidation sites excluding steroid dienone is 1.